The molecule has 0 fully saturated rings. The van der Waals surface area contributed by atoms with E-state index in [1.54, 1.807) is 25.9 Å². The van der Waals surface area contributed by atoms with E-state index >= 15 is 0 Å². The van der Waals surface area contributed by atoms with Crippen molar-refractivity contribution in [1.82, 2.24) is 15.0 Å². The number of carboxylic acid groups (broad SMARTS) is 1. The molecular weight excluding hydrogens is 679 g/mol. The van der Waals surface area contributed by atoms with Gasteiger partial charge in [-0.25, -0.2) is 19.7 Å². The van der Waals surface area contributed by atoms with Crippen LogP contribution in [0.1, 0.15) is 60.3 Å². The number of amides is 1. The molecule has 0 aliphatic carbocycles. The zero-order valence-corrected chi connectivity index (χ0v) is 26.0. The number of carbonyl (C=O) groups excluding carboxylic acids is 1. The van der Waals surface area contributed by atoms with Crippen molar-refractivity contribution in [3.63, 3.8) is 0 Å². The van der Waals surface area contributed by atoms with Gasteiger partial charge in [0.25, 0.3) is 0 Å². The van der Waals surface area contributed by atoms with Gasteiger partial charge in [-0.2, -0.15) is 39.5 Å². The van der Waals surface area contributed by atoms with Crippen LogP contribution in [0.25, 0.3) is 0 Å². The molecule has 266 valence electrons. The second kappa shape index (κ2) is 13.9. The molecule has 49 heavy (non-hydrogen) atoms. The number of alkyl halides is 9. The van der Waals surface area contributed by atoms with E-state index in [4.69, 9.17) is 9.84 Å². The number of rotatable bonds is 9. The molecule has 1 N–H and O–H groups in total. The maximum absolute atomic E-state index is 13.9. The SMILES string of the molecule is CC[C@@H]1C[C@@H](N(Cc2cc(C(F)(F)F)cc(C(F)(F)F)c2)c2ncc(N(C)C)cn2)c2nc(C(F)(F)F)ccc2N1C(=O)OCCC(=O)O. The van der Waals surface area contributed by atoms with Crippen molar-refractivity contribution >= 4 is 29.4 Å². The molecule has 0 radical (unpaired) electrons. The Morgan fingerprint density at radius 3 is 2.02 bits per heavy atom. The fourth-order valence-electron chi connectivity index (χ4n) is 5.23. The third-order valence-corrected chi connectivity index (χ3v) is 7.61. The monoisotopic (exact) mass is 708 g/mol. The Balaban J connectivity index is 1.93. The van der Waals surface area contributed by atoms with Crippen LogP contribution in [0.3, 0.4) is 0 Å². The molecule has 0 saturated carbocycles. The van der Waals surface area contributed by atoms with E-state index in [-0.39, 0.29) is 30.5 Å². The van der Waals surface area contributed by atoms with E-state index in [2.05, 4.69) is 15.0 Å². The van der Waals surface area contributed by atoms with Crippen LogP contribution in [-0.4, -0.2) is 58.9 Å². The molecule has 0 bridgehead atoms. The molecule has 4 rings (SSSR count). The largest absolute Gasteiger partial charge is 0.481 e. The van der Waals surface area contributed by atoms with Crippen LogP contribution in [0, 0.1) is 0 Å². The number of carbonyl (C=O) groups is 2. The van der Waals surface area contributed by atoms with Gasteiger partial charge in [0, 0.05) is 26.7 Å². The van der Waals surface area contributed by atoms with Gasteiger partial charge < -0.3 is 19.6 Å². The van der Waals surface area contributed by atoms with E-state index < -0.39 is 90.3 Å². The van der Waals surface area contributed by atoms with E-state index in [1.165, 1.54) is 12.4 Å². The molecule has 19 heteroatoms. The highest BCUT2D eigenvalue weighted by molar-refractivity contribution is 5.90. The lowest BCUT2D eigenvalue weighted by Crippen LogP contribution is -2.48. The predicted octanol–water partition coefficient (Wildman–Crippen LogP) is 7.34. The van der Waals surface area contributed by atoms with Crippen molar-refractivity contribution in [2.24, 2.45) is 0 Å². The maximum Gasteiger partial charge on any atom is 0.433 e. The highest BCUT2D eigenvalue weighted by Crippen LogP contribution is 2.45. The highest BCUT2D eigenvalue weighted by Gasteiger charge is 2.44. The lowest BCUT2D eigenvalue weighted by atomic mass is 9.91. The molecule has 3 heterocycles. The third kappa shape index (κ3) is 8.61. The van der Waals surface area contributed by atoms with Gasteiger partial charge in [0.05, 0.1) is 53.1 Å². The Kier molecular flexibility index (Phi) is 10.5. The Morgan fingerprint density at radius 2 is 1.53 bits per heavy atom. The Labute approximate surface area is 273 Å². The molecule has 2 aromatic heterocycles. The summed E-state index contributed by atoms with van der Waals surface area (Å²) in [5, 5.41) is 8.93. The number of pyridine rings is 1. The van der Waals surface area contributed by atoms with Crippen LogP contribution < -0.4 is 14.7 Å². The minimum absolute atomic E-state index is 0.0513. The quantitative estimate of drug-likeness (QED) is 0.228. The minimum Gasteiger partial charge on any atom is -0.481 e. The van der Waals surface area contributed by atoms with Crippen LogP contribution in [0.5, 0.6) is 0 Å². The van der Waals surface area contributed by atoms with Gasteiger partial charge in [0.1, 0.15) is 12.3 Å². The fraction of sp³-hybridized carbons (Fsp3) is 0.433. The van der Waals surface area contributed by atoms with Crippen molar-refractivity contribution in [1.29, 1.82) is 0 Å². The van der Waals surface area contributed by atoms with Crippen LogP contribution in [0.4, 0.5) is 61.6 Å². The number of hydrogen-bond donors (Lipinski definition) is 1. The number of aliphatic carboxylic acids is 1. The summed E-state index contributed by atoms with van der Waals surface area (Å²) < 4.78 is 130. The molecule has 1 amide bonds. The number of fused-ring (bicyclic) bond motifs is 1. The first-order chi connectivity index (χ1) is 22.7. The lowest BCUT2D eigenvalue weighted by Gasteiger charge is -2.43. The first-order valence-corrected chi connectivity index (χ1v) is 14.5. The summed E-state index contributed by atoms with van der Waals surface area (Å²) in [6, 6.07) is 0.263. The number of ether oxygens (including phenoxy) is 1. The van der Waals surface area contributed by atoms with Crippen molar-refractivity contribution in [2.75, 3.05) is 35.4 Å². The number of halogens is 9. The fourth-order valence-corrected chi connectivity index (χ4v) is 5.23. The number of anilines is 3. The molecule has 3 aromatic rings. The van der Waals surface area contributed by atoms with Gasteiger partial charge in [-0.05, 0) is 48.7 Å². The molecule has 0 spiro atoms. The van der Waals surface area contributed by atoms with E-state index in [1.807, 2.05) is 0 Å². The minimum atomic E-state index is -5.18. The summed E-state index contributed by atoms with van der Waals surface area (Å²) in [5.41, 5.74) is -5.30. The first kappa shape index (κ1) is 37.0. The summed E-state index contributed by atoms with van der Waals surface area (Å²) in [6.07, 6.45) is -14.5. The van der Waals surface area contributed by atoms with Crippen molar-refractivity contribution in [3.8, 4) is 0 Å². The van der Waals surface area contributed by atoms with Gasteiger partial charge in [0.2, 0.25) is 5.95 Å². The van der Waals surface area contributed by atoms with Gasteiger partial charge in [0.15, 0.2) is 0 Å². The first-order valence-electron chi connectivity index (χ1n) is 14.5. The van der Waals surface area contributed by atoms with Crippen LogP contribution in [0.2, 0.25) is 0 Å². The van der Waals surface area contributed by atoms with E-state index in [0.29, 0.717) is 23.9 Å². The zero-order valence-electron chi connectivity index (χ0n) is 26.0. The molecule has 0 saturated heterocycles. The topological polar surface area (TPSA) is 112 Å². The molecule has 1 aliphatic rings. The van der Waals surface area contributed by atoms with Gasteiger partial charge >= 0.3 is 30.6 Å². The molecule has 1 aromatic carbocycles. The summed E-state index contributed by atoms with van der Waals surface area (Å²) >= 11 is 0. The zero-order chi connectivity index (χ0) is 36.5. The highest BCUT2D eigenvalue weighted by atomic mass is 19.4. The molecule has 1 aliphatic heterocycles. The van der Waals surface area contributed by atoms with Gasteiger partial charge in [-0.1, -0.05) is 6.92 Å². The second-order valence-electron chi connectivity index (χ2n) is 11.2. The Hall–Kier alpha value is -4.84. The van der Waals surface area contributed by atoms with E-state index in [9.17, 15) is 49.1 Å². The lowest BCUT2D eigenvalue weighted by molar-refractivity contribution is -0.143. The molecule has 0 unspecified atom stereocenters. The molecule has 10 nitrogen and oxygen atoms in total. The standard InChI is InChI=1S/C30H29F9N6O4/c1-4-19-12-22(25-21(5-6-23(42-25)30(37,38)39)45(19)27(48)49-8-7-24(46)47)44(26-40-13-20(14-41-26)43(2)3)15-16-9-17(28(31,32)33)11-18(10-16)29(34,35)36/h5-6,9-11,13-14,19,22H,4,7-8,12,15H2,1-3H3,(H,46,47)/t19-,22-/m1/s1. The summed E-state index contributed by atoms with van der Waals surface area (Å²) in [4.78, 5) is 40.2. The number of nitrogens with zero attached hydrogens (tertiary/aromatic N) is 6. The van der Waals surface area contributed by atoms with Gasteiger partial charge in [-0.3, -0.25) is 9.69 Å². The Bertz CT molecular complexity index is 1630. The molecular formula is C30H29F9N6O4. The van der Waals surface area contributed by atoms with Crippen molar-refractivity contribution < 1.29 is 58.9 Å². The van der Waals surface area contributed by atoms with E-state index in [0.717, 1.165) is 15.9 Å². The van der Waals surface area contributed by atoms with Crippen molar-refractivity contribution in [3.05, 3.63) is 70.8 Å². The summed E-state index contributed by atoms with van der Waals surface area (Å²) in [6.45, 7) is 0.302. The summed E-state index contributed by atoms with van der Waals surface area (Å²) in [5.74, 6) is -1.55. The number of benzene rings is 1. The summed E-state index contributed by atoms with van der Waals surface area (Å²) in [7, 11) is 3.29. The average molecular weight is 709 g/mol. The van der Waals surface area contributed by atoms with Crippen LogP contribution >= 0.6 is 0 Å². The van der Waals surface area contributed by atoms with Crippen LogP contribution in [0.15, 0.2) is 42.7 Å². The Morgan fingerprint density at radius 1 is 0.939 bits per heavy atom. The van der Waals surface area contributed by atoms with Gasteiger partial charge in [-0.15, -0.1) is 0 Å². The number of carboxylic acids is 1. The number of hydrogen-bond acceptors (Lipinski definition) is 8. The third-order valence-electron chi connectivity index (χ3n) is 7.61. The number of aromatic nitrogens is 3. The maximum atomic E-state index is 13.9. The normalized spacial score (nSPS) is 16.6. The second-order valence-corrected chi connectivity index (χ2v) is 11.2. The van der Waals surface area contributed by atoms with Crippen molar-refractivity contribution in [2.45, 2.75) is 63.3 Å². The van der Waals surface area contributed by atoms with Crippen LogP contribution in [-0.2, 0) is 34.6 Å². The predicted molar refractivity (Wildman–Crippen MR) is 156 cm³/mol. The average Bonchev–Trinajstić information content (AvgIpc) is 3.01. The molecule has 2 atom stereocenters. The smallest absolute Gasteiger partial charge is 0.433 e.